The third-order valence-electron chi connectivity index (χ3n) is 4.47. The van der Waals surface area contributed by atoms with E-state index in [0.29, 0.717) is 17.2 Å². The van der Waals surface area contributed by atoms with Gasteiger partial charge in [-0.05, 0) is 56.2 Å². The number of hydrogen-bond donors (Lipinski definition) is 1. The van der Waals surface area contributed by atoms with Gasteiger partial charge in [0, 0.05) is 6.04 Å². The summed E-state index contributed by atoms with van der Waals surface area (Å²) in [5.74, 6) is 0.988. The van der Waals surface area contributed by atoms with Crippen LogP contribution in [0.4, 0.5) is 0 Å². The zero-order chi connectivity index (χ0) is 17.4. The lowest BCUT2D eigenvalue weighted by atomic mass is 10.1. The van der Waals surface area contributed by atoms with Gasteiger partial charge >= 0.3 is 0 Å². The van der Waals surface area contributed by atoms with E-state index in [9.17, 15) is 9.59 Å². The van der Waals surface area contributed by atoms with Gasteiger partial charge in [-0.3, -0.25) is 9.59 Å². The molecular weight excluding hydrogens is 320 g/mol. The van der Waals surface area contributed by atoms with Crippen molar-refractivity contribution in [2.75, 3.05) is 0 Å². The summed E-state index contributed by atoms with van der Waals surface area (Å²) >= 11 is 0. The lowest BCUT2D eigenvalue weighted by Gasteiger charge is -2.27. The standard InChI is InChI=1S/C19H18N2O4/c1-12(16-4-2-10-24-16)21(13-6-7-13)19(23)14-8-9-15(20-18(14)22)17-5-3-11-25-17/h2-5,8-13H,6-7H2,1H3,(H,20,22). The van der Waals surface area contributed by atoms with Gasteiger partial charge in [0.1, 0.15) is 17.1 Å². The first kappa shape index (κ1) is 15.5. The van der Waals surface area contributed by atoms with Gasteiger partial charge in [0.2, 0.25) is 0 Å². The quantitative estimate of drug-likeness (QED) is 0.771. The zero-order valence-electron chi connectivity index (χ0n) is 13.8. The second-order valence-electron chi connectivity index (χ2n) is 6.23. The molecule has 1 fully saturated rings. The molecule has 1 atom stereocenters. The van der Waals surface area contributed by atoms with Crippen molar-refractivity contribution >= 4 is 5.91 Å². The maximum absolute atomic E-state index is 13.0. The molecule has 1 unspecified atom stereocenters. The van der Waals surface area contributed by atoms with Crippen LogP contribution in [0.5, 0.6) is 0 Å². The van der Waals surface area contributed by atoms with Gasteiger partial charge < -0.3 is 18.7 Å². The van der Waals surface area contributed by atoms with Crippen LogP contribution in [-0.4, -0.2) is 21.8 Å². The molecule has 1 aliphatic rings. The molecule has 0 bridgehead atoms. The minimum absolute atomic E-state index is 0.126. The van der Waals surface area contributed by atoms with Crippen LogP contribution >= 0.6 is 0 Å². The van der Waals surface area contributed by atoms with Gasteiger partial charge in [0.25, 0.3) is 11.5 Å². The van der Waals surface area contributed by atoms with Crippen LogP contribution in [0.3, 0.4) is 0 Å². The van der Waals surface area contributed by atoms with Gasteiger partial charge in [0.15, 0.2) is 0 Å². The molecule has 0 spiro atoms. The van der Waals surface area contributed by atoms with E-state index in [-0.39, 0.29) is 23.6 Å². The van der Waals surface area contributed by atoms with E-state index in [4.69, 9.17) is 8.83 Å². The minimum Gasteiger partial charge on any atom is -0.467 e. The van der Waals surface area contributed by atoms with Gasteiger partial charge in [-0.2, -0.15) is 0 Å². The van der Waals surface area contributed by atoms with Crippen molar-refractivity contribution < 1.29 is 13.6 Å². The van der Waals surface area contributed by atoms with Gasteiger partial charge in [-0.15, -0.1) is 0 Å². The number of carbonyl (C=O) groups excluding carboxylic acids is 1. The highest BCUT2D eigenvalue weighted by Gasteiger charge is 2.38. The Hall–Kier alpha value is -3.02. The summed E-state index contributed by atoms with van der Waals surface area (Å²) in [6.45, 7) is 1.92. The summed E-state index contributed by atoms with van der Waals surface area (Å²) < 4.78 is 10.7. The van der Waals surface area contributed by atoms with Crippen LogP contribution in [0.25, 0.3) is 11.5 Å². The van der Waals surface area contributed by atoms with Crippen molar-refractivity contribution in [2.45, 2.75) is 31.8 Å². The molecule has 25 heavy (non-hydrogen) atoms. The molecule has 1 amide bonds. The van der Waals surface area contributed by atoms with Crippen molar-refractivity contribution in [3.05, 3.63) is 70.6 Å². The number of H-pyrrole nitrogens is 1. The van der Waals surface area contributed by atoms with E-state index in [1.807, 2.05) is 13.0 Å². The molecule has 0 aromatic carbocycles. The molecule has 3 heterocycles. The summed E-state index contributed by atoms with van der Waals surface area (Å²) in [6.07, 6.45) is 5.01. The lowest BCUT2D eigenvalue weighted by molar-refractivity contribution is 0.0651. The van der Waals surface area contributed by atoms with Crippen molar-refractivity contribution in [1.82, 2.24) is 9.88 Å². The Morgan fingerprint density at radius 3 is 2.52 bits per heavy atom. The molecule has 0 radical (unpaired) electrons. The highest BCUT2D eigenvalue weighted by Crippen LogP contribution is 2.35. The van der Waals surface area contributed by atoms with E-state index >= 15 is 0 Å². The Kier molecular flexibility index (Phi) is 3.80. The first-order chi connectivity index (χ1) is 12.1. The fourth-order valence-corrected chi connectivity index (χ4v) is 3.03. The Morgan fingerprint density at radius 2 is 1.92 bits per heavy atom. The lowest BCUT2D eigenvalue weighted by Crippen LogP contribution is -2.38. The molecule has 1 N–H and O–H groups in total. The average Bonchev–Trinajstić information content (AvgIpc) is 3.08. The van der Waals surface area contributed by atoms with E-state index in [0.717, 1.165) is 12.8 Å². The Bertz CT molecular complexity index is 921. The van der Waals surface area contributed by atoms with Crippen molar-refractivity contribution in [3.8, 4) is 11.5 Å². The topological polar surface area (TPSA) is 79.5 Å². The predicted molar refractivity (Wildman–Crippen MR) is 91.1 cm³/mol. The van der Waals surface area contributed by atoms with Gasteiger partial charge in [-0.1, -0.05) is 0 Å². The largest absolute Gasteiger partial charge is 0.467 e. The summed E-state index contributed by atoms with van der Waals surface area (Å²) in [5.41, 5.74) is 0.250. The second kappa shape index (κ2) is 6.12. The fraction of sp³-hybridized carbons (Fsp3) is 0.263. The number of aromatic amines is 1. The summed E-state index contributed by atoms with van der Waals surface area (Å²) in [5, 5.41) is 0. The third-order valence-corrected chi connectivity index (χ3v) is 4.47. The number of nitrogens with zero attached hydrogens (tertiary/aromatic N) is 1. The van der Waals surface area contributed by atoms with Crippen LogP contribution in [0, 0.1) is 0 Å². The zero-order valence-corrected chi connectivity index (χ0v) is 13.8. The Balaban J connectivity index is 1.66. The molecule has 3 aromatic heterocycles. The number of carbonyl (C=O) groups is 1. The molecule has 4 rings (SSSR count). The van der Waals surface area contributed by atoms with Gasteiger partial charge in [-0.25, -0.2) is 0 Å². The number of aromatic nitrogens is 1. The number of amides is 1. The maximum atomic E-state index is 13.0. The van der Waals surface area contributed by atoms with Crippen LogP contribution in [0.15, 0.2) is 62.6 Å². The molecule has 128 valence electrons. The molecule has 1 aliphatic carbocycles. The predicted octanol–water partition coefficient (Wildman–Crippen LogP) is 3.59. The first-order valence-electron chi connectivity index (χ1n) is 8.28. The number of nitrogens with one attached hydrogen (secondary N) is 1. The molecule has 6 heteroatoms. The smallest absolute Gasteiger partial charge is 0.261 e. The Labute approximate surface area is 144 Å². The SMILES string of the molecule is CC(c1ccco1)N(C(=O)c1ccc(-c2ccco2)[nH]c1=O)C1CC1. The number of hydrogen-bond acceptors (Lipinski definition) is 4. The summed E-state index contributed by atoms with van der Waals surface area (Å²) in [4.78, 5) is 30.0. The van der Waals surface area contributed by atoms with Crippen molar-refractivity contribution in [1.29, 1.82) is 0 Å². The average molecular weight is 338 g/mol. The molecule has 1 saturated carbocycles. The number of furan rings is 2. The van der Waals surface area contributed by atoms with E-state index in [1.165, 1.54) is 6.26 Å². The summed E-state index contributed by atoms with van der Waals surface area (Å²) in [7, 11) is 0. The minimum atomic E-state index is -0.420. The van der Waals surface area contributed by atoms with Crippen LogP contribution in [0.2, 0.25) is 0 Å². The number of rotatable bonds is 5. The Morgan fingerprint density at radius 1 is 1.16 bits per heavy atom. The number of pyridine rings is 1. The monoisotopic (exact) mass is 338 g/mol. The van der Waals surface area contributed by atoms with E-state index in [1.54, 1.807) is 41.5 Å². The molecular formula is C19H18N2O4. The fourth-order valence-electron chi connectivity index (χ4n) is 3.03. The highest BCUT2D eigenvalue weighted by atomic mass is 16.3. The molecule has 0 saturated heterocycles. The van der Waals surface area contributed by atoms with Crippen LogP contribution < -0.4 is 5.56 Å². The maximum Gasteiger partial charge on any atom is 0.261 e. The van der Waals surface area contributed by atoms with Crippen molar-refractivity contribution in [3.63, 3.8) is 0 Å². The van der Waals surface area contributed by atoms with Crippen molar-refractivity contribution in [2.24, 2.45) is 0 Å². The second-order valence-corrected chi connectivity index (χ2v) is 6.23. The highest BCUT2D eigenvalue weighted by molar-refractivity contribution is 5.94. The normalized spacial score (nSPS) is 15.1. The summed E-state index contributed by atoms with van der Waals surface area (Å²) in [6, 6.07) is 10.3. The van der Waals surface area contributed by atoms with Crippen LogP contribution in [0.1, 0.15) is 41.9 Å². The van der Waals surface area contributed by atoms with Crippen LogP contribution in [-0.2, 0) is 0 Å². The third kappa shape index (κ3) is 2.91. The molecule has 0 aliphatic heterocycles. The molecule has 3 aromatic rings. The van der Waals surface area contributed by atoms with Gasteiger partial charge in [0.05, 0.1) is 24.3 Å². The first-order valence-corrected chi connectivity index (χ1v) is 8.28. The van der Waals surface area contributed by atoms with E-state index in [2.05, 4.69) is 4.98 Å². The van der Waals surface area contributed by atoms with E-state index < -0.39 is 5.56 Å². The molecule has 6 nitrogen and oxygen atoms in total.